The third-order valence-corrected chi connectivity index (χ3v) is 4.90. The molecule has 116 valence electrons. The van der Waals surface area contributed by atoms with Crippen molar-refractivity contribution in [2.75, 3.05) is 5.32 Å². The van der Waals surface area contributed by atoms with Crippen molar-refractivity contribution >= 4 is 38.8 Å². The lowest BCUT2D eigenvalue weighted by Gasteiger charge is -2.11. The Morgan fingerprint density at radius 3 is 2.50 bits per heavy atom. The van der Waals surface area contributed by atoms with Gasteiger partial charge in [-0.15, -0.1) is 0 Å². The van der Waals surface area contributed by atoms with Gasteiger partial charge in [0.1, 0.15) is 5.75 Å². The van der Waals surface area contributed by atoms with Crippen molar-refractivity contribution in [1.82, 2.24) is 0 Å². The summed E-state index contributed by atoms with van der Waals surface area (Å²) < 4.78 is 6.14. The smallest absolute Gasteiger partial charge is 0.196 e. The molecule has 4 aromatic rings. The summed E-state index contributed by atoms with van der Waals surface area (Å²) in [5.41, 5.74) is 2.15. The van der Waals surface area contributed by atoms with Gasteiger partial charge in [-0.05, 0) is 22.9 Å². The maximum absolute atomic E-state index is 6.38. The van der Waals surface area contributed by atoms with Crippen LogP contribution in [-0.2, 0) is 0 Å². The van der Waals surface area contributed by atoms with Crippen molar-refractivity contribution < 1.29 is 4.74 Å². The third-order valence-electron chi connectivity index (χ3n) is 4.57. The molecule has 0 aromatic heterocycles. The van der Waals surface area contributed by atoms with E-state index in [0.717, 1.165) is 38.2 Å². The zero-order valence-corrected chi connectivity index (χ0v) is 13.5. The average Bonchev–Trinajstić information content (AvgIpc) is 3.07. The van der Waals surface area contributed by atoms with Gasteiger partial charge in [-0.2, -0.15) is 0 Å². The Morgan fingerprint density at radius 2 is 1.62 bits per heavy atom. The molecular formula is C21H14ClNO. The maximum atomic E-state index is 6.38. The minimum Gasteiger partial charge on any atom is -0.464 e. The molecule has 1 atom stereocenters. The molecule has 1 unspecified atom stereocenters. The van der Waals surface area contributed by atoms with Crippen LogP contribution in [0.4, 0.5) is 5.69 Å². The molecule has 5 rings (SSSR count). The molecule has 0 amide bonds. The Labute approximate surface area is 144 Å². The summed E-state index contributed by atoms with van der Waals surface area (Å²) in [6, 6.07) is 24.6. The Morgan fingerprint density at radius 1 is 0.792 bits per heavy atom. The second-order valence-electron chi connectivity index (χ2n) is 5.99. The number of anilines is 1. The van der Waals surface area contributed by atoms with Crippen LogP contribution in [0, 0.1) is 0 Å². The molecule has 0 bridgehead atoms. The van der Waals surface area contributed by atoms with E-state index >= 15 is 0 Å². The highest BCUT2D eigenvalue weighted by Gasteiger charge is 2.25. The van der Waals surface area contributed by atoms with Crippen LogP contribution in [0.25, 0.3) is 21.5 Å². The van der Waals surface area contributed by atoms with E-state index in [9.17, 15) is 0 Å². The lowest BCUT2D eigenvalue weighted by Crippen LogP contribution is -2.09. The van der Waals surface area contributed by atoms with Crippen LogP contribution in [-0.4, -0.2) is 0 Å². The molecule has 0 radical (unpaired) electrons. The number of hydrogen-bond donors (Lipinski definition) is 1. The molecule has 1 aliphatic rings. The van der Waals surface area contributed by atoms with E-state index in [-0.39, 0.29) is 6.23 Å². The highest BCUT2D eigenvalue weighted by atomic mass is 35.5. The van der Waals surface area contributed by atoms with Crippen molar-refractivity contribution in [1.29, 1.82) is 0 Å². The molecule has 0 saturated heterocycles. The number of halogens is 1. The van der Waals surface area contributed by atoms with Crippen molar-refractivity contribution in [2.45, 2.75) is 6.23 Å². The van der Waals surface area contributed by atoms with Crippen LogP contribution in [0.5, 0.6) is 5.75 Å². The van der Waals surface area contributed by atoms with E-state index < -0.39 is 0 Å². The van der Waals surface area contributed by atoms with E-state index in [0.29, 0.717) is 0 Å². The van der Waals surface area contributed by atoms with Crippen molar-refractivity contribution in [3.05, 3.63) is 83.4 Å². The lowest BCUT2D eigenvalue weighted by atomic mass is 10.00. The van der Waals surface area contributed by atoms with Gasteiger partial charge < -0.3 is 10.1 Å². The number of hydrogen-bond acceptors (Lipinski definition) is 2. The second-order valence-corrected chi connectivity index (χ2v) is 6.40. The van der Waals surface area contributed by atoms with Crippen LogP contribution in [0.3, 0.4) is 0 Å². The van der Waals surface area contributed by atoms with Gasteiger partial charge in [-0.25, -0.2) is 0 Å². The van der Waals surface area contributed by atoms with Gasteiger partial charge in [-0.3, -0.25) is 0 Å². The van der Waals surface area contributed by atoms with Crippen LogP contribution in [0.2, 0.25) is 5.02 Å². The van der Waals surface area contributed by atoms with Gasteiger partial charge in [0.15, 0.2) is 6.23 Å². The normalized spacial score (nSPS) is 16.0. The number of ether oxygens (including phenoxy) is 1. The maximum Gasteiger partial charge on any atom is 0.196 e. The van der Waals surface area contributed by atoms with Crippen molar-refractivity contribution in [3.8, 4) is 5.75 Å². The quantitative estimate of drug-likeness (QED) is 0.422. The summed E-state index contributed by atoms with van der Waals surface area (Å²) in [4.78, 5) is 0. The summed E-state index contributed by atoms with van der Waals surface area (Å²) in [6.07, 6.45) is -0.166. The Bertz CT molecular complexity index is 1080. The van der Waals surface area contributed by atoms with Gasteiger partial charge in [0.2, 0.25) is 0 Å². The van der Waals surface area contributed by atoms with Gasteiger partial charge in [0.05, 0.1) is 5.69 Å². The van der Waals surface area contributed by atoms with E-state index in [1.165, 1.54) is 5.39 Å². The fraction of sp³-hybridized carbons (Fsp3) is 0.0476. The van der Waals surface area contributed by atoms with E-state index in [4.69, 9.17) is 16.3 Å². The first kappa shape index (κ1) is 13.7. The molecule has 0 spiro atoms. The third kappa shape index (κ3) is 1.97. The Balaban J connectivity index is 1.75. The molecule has 24 heavy (non-hydrogen) atoms. The molecule has 0 aliphatic carbocycles. The Hall–Kier alpha value is -2.71. The number of fused-ring (bicyclic) bond motifs is 5. The predicted octanol–water partition coefficient (Wildman–Crippen LogP) is 6.15. The molecule has 1 aliphatic heterocycles. The topological polar surface area (TPSA) is 21.3 Å². The first-order chi connectivity index (χ1) is 11.8. The number of nitrogens with one attached hydrogen (secondary N) is 1. The summed E-state index contributed by atoms with van der Waals surface area (Å²) in [5.74, 6) is 0.879. The number of benzene rings is 4. The first-order valence-electron chi connectivity index (χ1n) is 7.93. The standard InChI is InChI=1S/C21H14ClNO/c22-17-8-4-7-16-15(17)11-9-13-10-12-18-20(19(13)16)23-21(24-18)14-5-2-1-3-6-14/h1-12,21,23H. The fourth-order valence-electron chi connectivity index (χ4n) is 3.43. The van der Waals surface area contributed by atoms with Gasteiger partial charge in [0, 0.05) is 21.4 Å². The zero-order chi connectivity index (χ0) is 16.1. The van der Waals surface area contributed by atoms with Gasteiger partial charge in [-0.1, -0.05) is 72.3 Å². The molecule has 0 saturated carbocycles. The van der Waals surface area contributed by atoms with E-state index in [1.807, 2.05) is 36.4 Å². The zero-order valence-electron chi connectivity index (χ0n) is 12.8. The number of rotatable bonds is 1. The van der Waals surface area contributed by atoms with Crippen LogP contribution in [0.15, 0.2) is 72.8 Å². The second kappa shape index (κ2) is 5.15. The summed E-state index contributed by atoms with van der Waals surface area (Å²) in [5, 5.41) is 8.84. The molecule has 1 heterocycles. The molecule has 3 heteroatoms. The Kier molecular flexibility index (Phi) is 2.94. The largest absolute Gasteiger partial charge is 0.464 e. The summed E-state index contributed by atoms with van der Waals surface area (Å²) in [6.45, 7) is 0. The van der Waals surface area contributed by atoms with Crippen LogP contribution >= 0.6 is 11.6 Å². The van der Waals surface area contributed by atoms with Crippen LogP contribution < -0.4 is 10.1 Å². The monoisotopic (exact) mass is 331 g/mol. The first-order valence-corrected chi connectivity index (χ1v) is 8.31. The molecule has 1 N–H and O–H groups in total. The van der Waals surface area contributed by atoms with E-state index in [1.54, 1.807) is 0 Å². The highest BCUT2D eigenvalue weighted by Crippen LogP contribution is 2.45. The highest BCUT2D eigenvalue weighted by molar-refractivity contribution is 6.36. The fourth-order valence-corrected chi connectivity index (χ4v) is 3.67. The summed E-state index contributed by atoms with van der Waals surface area (Å²) in [7, 11) is 0. The van der Waals surface area contributed by atoms with Gasteiger partial charge >= 0.3 is 0 Å². The van der Waals surface area contributed by atoms with Gasteiger partial charge in [0.25, 0.3) is 0 Å². The van der Waals surface area contributed by atoms with Crippen LogP contribution in [0.1, 0.15) is 11.8 Å². The predicted molar refractivity (Wildman–Crippen MR) is 99.9 cm³/mol. The van der Waals surface area contributed by atoms with E-state index in [2.05, 4.69) is 41.7 Å². The van der Waals surface area contributed by atoms with Crippen molar-refractivity contribution in [2.24, 2.45) is 0 Å². The lowest BCUT2D eigenvalue weighted by molar-refractivity contribution is 0.260. The average molecular weight is 332 g/mol. The van der Waals surface area contributed by atoms with Crippen molar-refractivity contribution in [3.63, 3.8) is 0 Å². The molecule has 4 aromatic carbocycles. The SMILES string of the molecule is Clc1cccc2c1ccc1ccc3c(c12)NC(c1ccccc1)O3. The minimum atomic E-state index is -0.166. The molecule has 2 nitrogen and oxygen atoms in total. The molecular weight excluding hydrogens is 318 g/mol. The minimum absolute atomic E-state index is 0.166. The summed E-state index contributed by atoms with van der Waals surface area (Å²) >= 11 is 6.38. The molecule has 0 fully saturated rings.